The lowest BCUT2D eigenvalue weighted by Gasteiger charge is -2.47. The number of aromatic amines is 1. The molecule has 0 radical (unpaired) electrons. The van der Waals surface area contributed by atoms with E-state index in [4.69, 9.17) is 30.5 Å². The first kappa shape index (κ1) is 28.4. The number of hydrogen-bond donors (Lipinski definition) is 2. The van der Waals surface area contributed by atoms with Crippen molar-refractivity contribution in [3.8, 4) is 11.5 Å². The van der Waals surface area contributed by atoms with Gasteiger partial charge < -0.3 is 23.9 Å². The quantitative estimate of drug-likeness (QED) is 0.427. The maximum atomic E-state index is 12.8. The predicted octanol–water partition coefficient (Wildman–Crippen LogP) is 4.76. The number of aromatic nitrogens is 1. The van der Waals surface area contributed by atoms with Crippen LogP contribution in [-0.4, -0.2) is 67.5 Å². The van der Waals surface area contributed by atoms with Crippen molar-refractivity contribution < 1.29 is 18.9 Å². The van der Waals surface area contributed by atoms with Gasteiger partial charge in [0.2, 0.25) is 0 Å². The van der Waals surface area contributed by atoms with Crippen molar-refractivity contribution in [2.45, 2.75) is 81.4 Å². The van der Waals surface area contributed by atoms with E-state index in [2.05, 4.69) is 29.0 Å². The summed E-state index contributed by atoms with van der Waals surface area (Å²) in [7, 11) is 1.80. The number of likely N-dealkylation sites (tertiary alicyclic amines) is 1. The van der Waals surface area contributed by atoms with Gasteiger partial charge in [0.25, 0.3) is 11.3 Å². The average Bonchev–Trinajstić information content (AvgIpc) is 3.26. The number of rotatable bonds is 8. The van der Waals surface area contributed by atoms with E-state index in [1.165, 1.54) is 0 Å². The molecule has 1 aromatic carbocycles. The normalized spacial score (nSPS) is 27.9. The van der Waals surface area contributed by atoms with Crippen molar-refractivity contribution >= 4 is 23.4 Å². The molecule has 8 nitrogen and oxygen atoms in total. The third-order valence-corrected chi connectivity index (χ3v) is 10.6. The fourth-order valence-corrected chi connectivity index (χ4v) is 7.78. The minimum absolute atomic E-state index is 0.0641. The molecule has 6 rings (SSSR count). The molecule has 40 heavy (non-hydrogen) atoms. The number of hydrogen-bond acceptors (Lipinski definition) is 8. The Morgan fingerprint density at radius 1 is 1.15 bits per heavy atom. The zero-order chi connectivity index (χ0) is 28.2. The van der Waals surface area contributed by atoms with E-state index in [1.807, 2.05) is 25.3 Å². The third-order valence-electron chi connectivity index (χ3n) is 9.48. The lowest BCUT2D eigenvalue weighted by Crippen LogP contribution is -2.58. The van der Waals surface area contributed by atoms with Crippen molar-refractivity contribution in [2.24, 2.45) is 5.92 Å². The first-order valence-corrected chi connectivity index (χ1v) is 15.8. The molecule has 2 N–H and O–H groups in total. The van der Waals surface area contributed by atoms with Crippen molar-refractivity contribution in [1.82, 2.24) is 15.2 Å². The molecule has 1 saturated carbocycles. The second kappa shape index (κ2) is 10.8. The predicted molar refractivity (Wildman–Crippen MR) is 157 cm³/mol. The van der Waals surface area contributed by atoms with E-state index in [0.717, 1.165) is 71.8 Å². The van der Waals surface area contributed by atoms with E-state index in [1.54, 1.807) is 18.9 Å². The van der Waals surface area contributed by atoms with Gasteiger partial charge in [0.05, 0.1) is 29.9 Å². The van der Waals surface area contributed by atoms with Crippen LogP contribution in [0, 0.1) is 19.8 Å². The Morgan fingerprint density at radius 2 is 1.85 bits per heavy atom. The van der Waals surface area contributed by atoms with Crippen molar-refractivity contribution in [1.29, 1.82) is 0 Å². The molecule has 0 bridgehead atoms. The van der Waals surface area contributed by atoms with E-state index in [9.17, 15) is 4.79 Å². The summed E-state index contributed by atoms with van der Waals surface area (Å²) in [4.78, 5) is 19.2. The lowest BCUT2D eigenvalue weighted by molar-refractivity contribution is -0.130. The first-order chi connectivity index (χ1) is 19.2. The standard InChI is InChI=1S/C30H40ClN3O5S/c1-17-10-25(40-5)22(28(35)33-17)12-32-30(15-37-16-30)23-11-24(31)27-26(18(23)2)38-29(3,39-27)19-6-8-20(9-7-19)34-13-21(14-34)36-4/h10-11,19-21,32H,6-9,12-16H2,1-5H3,(H,33,35). The molecule has 3 fully saturated rings. The third kappa shape index (κ3) is 4.86. The summed E-state index contributed by atoms with van der Waals surface area (Å²) < 4.78 is 24.4. The van der Waals surface area contributed by atoms with Crippen LogP contribution in [0.5, 0.6) is 11.5 Å². The molecule has 0 amide bonds. The highest BCUT2D eigenvalue weighted by Crippen LogP contribution is 2.53. The molecule has 2 aromatic rings. The monoisotopic (exact) mass is 589 g/mol. The van der Waals surface area contributed by atoms with Crippen LogP contribution < -0.4 is 20.3 Å². The maximum Gasteiger partial charge on any atom is 0.253 e. The second-order valence-electron chi connectivity index (χ2n) is 12.0. The number of aryl methyl sites for hydroxylation is 1. The van der Waals surface area contributed by atoms with Gasteiger partial charge >= 0.3 is 0 Å². The van der Waals surface area contributed by atoms with Crippen LogP contribution in [0.1, 0.15) is 55.0 Å². The maximum absolute atomic E-state index is 12.8. The van der Waals surface area contributed by atoms with E-state index < -0.39 is 11.3 Å². The van der Waals surface area contributed by atoms with E-state index in [0.29, 0.717) is 42.7 Å². The summed E-state index contributed by atoms with van der Waals surface area (Å²) in [6, 6.07) is 4.62. The van der Waals surface area contributed by atoms with Gasteiger partial charge in [-0.25, -0.2) is 0 Å². The Hall–Kier alpha value is -1.75. The smallest absolute Gasteiger partial charge is 0.253 e. The van der Waals surface area contributed by atoms with Crippen molar-refractivity contribution in [3.63, 3.8) is 0 Å². The van der Waals surface area contributed by atoms with Gasteiger partial charge in [-0.15, -0.1) is 11.8 Å². The number of nitrogens with zero attached hydrogens (tertiary/aromatic N) is 1. The van der Waals surface area contributed by atoms with Crippen LogP contribution in [0.4, 0.5) is 0 Å². The highest BCUT2D eigenvalue weighted by molar-refractivity contribution is 7.98. The molecule has 1 aliphatic carbocycles. The highest BCUT2D eigenvalue weighted by Gasteiger charge is 2.50. The summed E-state index contributed by atoms with van der Waals surface area (Å²) in [5.74, 6) is 0.896. The van der Waals surface area contributed by atoms with Crippen LogP contribution in [0.3, 0.4) is 0 Å². The lowest BCUT2D eigenvalue weighted by atomic mass is 9.80. The molecule has 4 aliphatic rings. The summed E-state index contributed by atoms with van der Waals surface area (Å²) >= 11 is 8.46. The number of thioether (sulfide) groups is 1. The number of benzene rings is 1. The Morgan fingerprint density at radius 3 is 2.48 bits per heavy atom. The molecule has 0 spiro atoms. The summed E-state index contributed by atoms with van der Waals surface area (Å²) in [5, 5.41) is 4.20. The molecule has 3 aliphatic heterocycles. The fraction of sp³-hybridized carbons (Fsp3) is 0.633. The largest absolute Gasteiger partial charge is 0.448 e. The number of methoxy groups -OCH3 is 1. The van der Waals surface area contributed by atoms with Crippen LogP contribution in [0.15, 0.2) is 21.8 Å². The van der Waals surface area contributed by atoms with Crippen LogP contribution >= 0.6 is 23.4 Å². The molecular weight excluding hydrogens is 550 g/mol. The summed E-state index contributed by atoms with van der Waals surface area (Å²) in [6.07, 6.45) is 6.75. The average molecular weight is 590 g/mol. The Bertz CT molecular complexity index is 1330. The number of H-pyrrole nitrogens is 1. The Kier molecular flexibility index (Phi) is 7.68. The van der Waals surface area contributed by atoms with Gasteiger partial charge in [0, 0.05) is 67.3 Å². The van der Waals surface area contributed by atoms with Gasteiger partial charge in [-0.2, -0.15) is 0 Å². The first-order valence-electron chi connectivity index (χ1n) is 14.2. The number of ether oxygens (including phenoxy) is 4. The van der Waals surface area contributed by atoms with E-state index in [-0.39, 0.29) is 11.5 Å². The minimum Gasteiger partial charge on any atom is -0.448 e. The fourth-order valence-electron chi connectivity index (χ4n) is 6.84. The second-order valence-corrected chi connectivity index (χ2v) is 13.2. The van der Waals surface area contributed by atoms with Gasteiger partial charge in [-0.05, 0) is 63.5 Å². The summed E-state index contributed by atoms with van der Waals surface area (Å²) in [6.45, 7) is 9.51. The highest BCUT2D eigenvalue weighted by atomic mass is 35.5. The van der Waals surface area contributed by atoms with Crippen molar-refractivity contribution in [3.05, 3.63) is 49.9 Å². The molecule has 1 atom stereocenters. The topological polar surface area (TPSA) is 85.1 Å². The zero-order valence-electron chi connectivity index (χ0n) is 24.0. The molecule has 1 unspecified atom stereocenters. The van der Waals surface area contributed by atoms with Crippen LogP contribution in [-0.2, 0) is 21.6 Å². The van der Waals surface area contributed by atoms with Gasteiger partial charge in [0.15, 0.2) is 11.5 Å². The molecule has 4 heterocycles. The molecule has 2 saturated heterocycles. The zero-order valence-corrected chi connectivity index (χ0v) is 25.6. The molecule has 10 heteroatoms. The minimum atomic E-state index is -0.747. The number of halogens is 1. The SMILES string of the molecule is COC1CN(C2CCC(C3(C)Oc4c(Cl)cc(C5(NCc6c(SC)cc(C)[nH]c6=O)COC5)c(C)c4O3)CC2)C1. The number of pyridine rings is 1. The van der Waals surface area contributed by atoms with Gasteiger partial charge in [-0.1, -0.05) is 11.6 Å². The Labute approximate surface area is 245 Å². The number of nitrogens with one attached hydrogen (secondary N) is 2. The van der Waals surface area contributed by atoms with E-state index >= 15 is 0 Å². The molecule has 218 valence electrons. The van der Waals surface area contributed by atoms with Crippen molar-refractivity contribution in [2.75, 3.05) is 39.7 Å². The van der Waals surface area contributed by atoms with Gasteiger partial charge in [-0.3, -0.25) is 15.0 Å². The Balaban J connectivity index is 1.19. The number of fused-ring (bicyclic) bond motifs is 1. The molecule has 1 aromatic heterocycles. The molecular formula is C30H40ClN3O5S. The van der Waals surface area contributed by atoms with Crippen LogP contribution in [0.2, 0.25) is 5.02 Å². The van der Waals surface area contributed by atoms with Gasteiger partial charge in [0.1, 0.15) is 0 Å². The summed E-state index contributed by atoms with van der Waals surface area (Å²) in [5.41, 5.74) is 3.09. The van der Waals surface area contributed by atoms with Crippen LogP contribution in [0.25, 0.3) is 0 Å².